The Hall–Kier alpha value is -2.25. The SMILES string of the molecule is CC(C)(C)OC(=O)Nc1ccc(C(=O)O)c(C(F)(F)F)c1. The molecule has 8 heteroatoms. The van der Waals surface area contributed by atoms with Crippen molar-refractivity contribution >= 4 is 17.7 Å². The van der Waals surface area contributed by atoms with Gasteiger partial charge in [-0.25, -0.2) is 9.59 Å². The van der Waals surface area contributed by atoms with Crippen molar-refractivity contribution in [2.24, 2.45) is 0 Å². The van der Waals surface area contributed by atoms with Gasteiger partial charge >= 0.3 is 18.2 Å². The standard InChI is InChI=1S/C13H14F3NO4/c1-12(2,3)21-11(20)17-7-4-5-8(10(18)19)9(6-7)13(14,15)16/h4-6H,1-3H3,(H,17,20)(H,18,19). The number of nitrogens with one attached hydrogen (secondary N) is 1. The topological polar surface area (TPSA) is 75.6 Å². The molecule has 1 aromatic rings. The third-order valence-corrected chi connectivity index (χ3v) is 2.20. The van der Waals surface area contributed by atoms with Crippen molar-refractivity contribution in [3.63, 3.8) is 0 Å². The lowest BCUT2D eigenvalue weighted by molar-refractivity contribution is -0.138. The number of ether oxygens (including phenoxy) is 1. The van der Waals surface area contributed by atoms with Crippen LogP contribution in [0.1, 0.15) is 36.7 Å². The molecule has 0 saturated heterocycles. The summed E-state index contributed by atoms with van der Waals surface area (Å²) in [5.41, 5.74) is -3.25. The van der Waals surface area contributed by atoms with Gasteiger partial charge in [-0.1, -0.05) is 0 Å². The van der Waals surface area contributed by atoms with E-state index >= 15 is 0 Å². The van der Waals surface area contributed by atoms with Crippen molar-refractivity contribution in [3.8, 4) is 0 Å². The number of halogens is 3. The number of benzene rings is 1. The molecule has 1 amide bonds. The van der Waals surface area contributed by atoms with Gasteiger partial charge in [0.05, 0.1) is 11.1 Å². The van der Waals surface area contributed by atoms with E-state index < -0.39 is 35.0 Å². The zero-order chi connectivity index (χ0) is 16.4. The van der Waals surface area contributed by atoms with Crippen molar-refractivity contribution < 1.29 is 32.6 Å². The van der Waals surface area contributed by atoms with Crippen molar-refractivity contribution in [2.75, 3.05) is 5.32 Å². The van der Waals surface area contributed by atoms with Gasteiger partial charge in [-0.15, -0.1) is 0 Å². The molecule has 5 nitrogen and oxygen atoms in total. The summed E-state index contributed by atoms with van der Waals surface area (Å²) in [4.78, 5) is 22.3. The van der Waals surface area contributed by atoms with E-state index in [9.17, 15) is 22.8 Å². The summed E-state index contributed by atoms with van der Waals surface area (Å²) >= 11 is 0. The Bertz CT molecular complexity index is 562. The number of anilines is 1. The molecule has 1 rings (SSSR count). The highest BCUT2D eigenvalue weighted by Gasteiger charge is 2.35. The van der Waals surface area contributed by atoms with Gasteiger partial charge < -0.3 is 9.84 Å². The van der Waals surface area contributed by atoms with E-state index in [1.54, 1.807) is 20.8 Å². The molecule has 0 fully saturated rings. The summed E-state index contributed by atoms with van der Waals surface area (Å²) in [6.07, 6.45) is -5.78. The van der Waals surface area contributed by atoms with Crippen LogP contribution < -0.4 is 5.32 Å². The fourth-order valence-corrected chi connectivity index (χ4v) is 1.46. The minimum Gasteiger partial charge on any atom is -0.478 e. The summed E-state index contributed by atoms with van der Waals surface area (Å²) in [5.74, 6) is -1.70. The molecule has 0 aromatic heterocycles. The molecule has 0 radical (unpaired) electrons. The zero-order valence-electron chi connectivity index (χ0n) is 11.5. The van der Waals surface area contributed by atoms with Crippen molar-refractivity contribution in [2.45, 2.75) is 32.5 Å². The quantitative estimate of drug-likeness (QED) is 0.872. The van der Waals surface area contributed by atoms with E-state index in [2.05, 4.69) is 5.32 Å². The molecule has 0 aliphatic rings. The summed E-state index contributed by atoms with van der Waals surface area (Å²) in [7, 11) is 0. The normalized spacial score (nSPS) is 11.9. The molecule has 0 unspecified atom stereocenters. The summed E-state index contributed by atoms with van der Waals surface area (Å²) in [5, 5.41) is 10.9. The Morgan fingerprint density at radius 2 is 1.76 bits per heavy atom. The average molecular weight is 305 g/mol. The number of hydrogen-bond acceptors (Lipinski definition) is 3. The number of aromatic carboxylic acids is 1. The van der Waals surface area contributed by atoms with Gasteiger partial charge in [0.2, 0.25) is 0 Å². The van der Waals surface area contributed by atoms with Crippen molar-refractivity contribution in [1.29, 1.82) is 0 Å². The van der Waals surface area contributed by atoms with Gasteiger partial charge in [0.15, 0.2) is 0 Å². The smallest absolute Gasteiger partial charge is 0.417 e. The molecule has 2 N–H and O–H groups in total. The number of carbonyl (C=O) groups excluding carboxylic acids is 1. The van der Waals surface area contributed by atoms with Gasteiger partial charge in [0.25, 0.3) is 0 Å². The highest BCUT2D eigenvalue weighted by Crippen LogP contribution is 2.34. The third-order valence-electron chi connectivity index (χ3n) is 2.20. The molecule has 21 heavy (non-hydrogen) atoms. The van der Waals surface area contributed by atoms with E-state index in [4.69, 9.17) is 9.84 Å². The molecule has 0 bridgehead atoms. The second-order valence-corrected chi connectivity index (χ2v) is 5.19. The van der Waals surface area contributed by atoms with Crippen LogP contribution in [0.5, 0.6) is 0 Å². The minimum atomic E-state index is -4.85. The first-order valence-corrected chi connectivity index (χ1v) is 5.85. The maximum absolute atomic E-state index is 12.8. The van der Waals surface area contributed by atoms with E-state index in [-0.39, 0.29) is 5.69 Å². The molecule has 1 aromatic carbocycles. The van der Waals surface area contributed by atoms with Crippen molar-refractivity contribution in [1.82, 2.24) is 0 Å². The Morgan fingerprint density at radius 3 is 2.19 bits per heavy atom. The van der Waals surface area contributed by atoms with Gasteiger partial charge in [0.1, 0.15) is 5.60 Å². The third kappa shape index (κ3) is 4.97. The summed E-state index contributed by atoms with van der Waals surface area (Å²) in [6.45, 7) is 4.80. The van der Waals surface area contributed by atoms with E-state index in [0.717, 1.165) is 12.1 Å². The second-order valence-electron chi connectivity index (χ2n) is 5.19. The predicted octanol–water partition coefficient (Wildman–Crippen LogP) is 3.75. The monoisotopic (exact) mass is 305 g/mol. The number of carboxylic acid groups (broad SMARTS) is 1. The Morgan fingerprint density at radius 1 is 1.19 bits per heavy atom. The van der Waals surface area contributed by atoms with Crippen LogP contribution in [0.25, 0.3) is 0 Å². The van der Waals surface area contributed by atoms with E-state index in [1.165, 1.54) is 0 Å². The first kappa shape index (κ1) is 16.8. The molecule has 0 aliphatic carbocycles. The zero-order valence-corrected chi connectivity index (χ0v) is 11.5. The van der Waals surface area contributed by atoms with Crippen LogP contribution in [0.3, 0.4) is 0 Å². The predicted molar refractivity (Wildman–Crippen MR) is 68.3 cm³/mol. The first-order valence-electron chi connectivity index (χ1n) is 5.85. The van der Waals surface area contributed by atoms with Crippen LogP contribution in [-0.4, -0.2) is 22.8 Å². The lowest BCUT2D eigenvalue weighted by Gasteiger charge is -2.20. The van der Waals surface area contributed by atoms with Crippen LogP contribution >= 0.6 is 0 Å². The van der Waals surface area contributed by atoms with E-state index in [0.29, 0.717) is 6.07 Å². The average Bonchev–Trinajstić information content (AvgIpc) is 2.24. The second kappa shape index (κ2) is 5.63. The Kier molecular flexibility index (Phi) is 4.50. The number of carboxylic acids is 1. The molecule has 0 aliphatic heterocycles. The molecule has 0 spiro atoms. The van der Waals surface area contributed by atoms with Crippen LogP contribution in [0.2, 0.25) is 0 Å². The first-order chi connectivity index (χ1) is 9.40. The van der Waals surface area contributed by atoms with E-state index in [1.807, 2.05) is 0 Å². The maximum Gasteiger partial charge on any atom is 0.417 e. The molecule has 116 valence electrons. The number of amides is 1. The Balaban J connectivity index is 3.07. The summed E-state index contributed by atoms with van der Waals surface area (Å²) in [6, 6.07) is 2.38. The maximum atomic E-state index is 12.8. The molecular weight excluding hydrogens is 291 g/mol. The lowest BCUT2D eigenvalue weighted by Crippen LogP contribution is -2.27. The largest absolute Gasteiger partial charge is 0.478 e. The number of alkyl halides is 3. The number of hydrogen-bond donors (Lipinski definition) is 2. The summed E-state index contributed by atoms with van der Waals surface area (Å²) < 4.78 is 43.3. The lowest BCUT2D eigenvalue weighted by atomic mass is 10.1. The van der Waals surface area contributed by atoms with Crippen LogP contribution in [-0.2, 0) is 10.9 Å². The van der Waals surface area contributed by atoms with Crippen LogP contribution in [0.4, 0.5) is 23.7 Å². The molecule has 0 saturated carbocycles. The van der Waals surface area contributed by atoms with Gasteiger partial charge in [0, 0.05) is 5.69 Å². The van der Waals surface area contributed by atoms with Crippen LogP contribution in [0, 0.1) is 0 Å². The van der Waals surface area contributed by atoms with Crippen LogP contribution in [0.15, 0.2) is 18.2 Å². The Labute approximate surface area is 118 Å². The highest BCUT2D eigenvalue weighted by atomic mass is 19.4. The van der Waals surface area contributed by atoms with Gasteiger partial charge in [-0.2, -0.15) is 13.2 Å². The fourth-order valence-electron chi connectivity index (χ4n) is 1.46. The molecule has 0 heterocycles. The minimum absolute atomic E-state index is 0.207. The van der Waals surface area contributed by atoms with Crippen molar-refractivity contribution in [3.05, 3.63) is 29.3 Å². The number of rotatable bonds is 2. The molecular formula is C13H14F3NO4. The number of carbonyl (C=O) groups is 2. The highest BCUT2D eigenvalue weighted by molar-refractivity contribution is 5.91. The molecule has 0 atom stereocenters. The fraction of sp³-hybridized carbons (Fsp3) is 0.385. The van der Waals surface area contributed by atoms with Gasteiger partial charge in [-0.05, 0) is 39.0 Å². The van der Waals surface area contributed by atoms with Gasteiger partial charge in [-0.3, -0.25) is 5.32 Å².